The van der Waals surface area contributed by atoms with Crippen molar-refractivity contribution in [2.75, 3.05) is 6.54 Å². The highest BCUT2D eigenvalue weighted by atomic mass is 32.2. The number of aliphatic hydroxyl groups is 1. The fourth-order valence-electron chi connectivity index (χ4n) is 4.85. The number of thiazole rings is 1. The van der Waals surface area contributed by atoms with Gasteiger partial charge in [0.15, 0.2) is 10.0 Å². The second-order valence-electron chi connectivity index (χ2n) is 11.9. The van der Waals surface area contributed by atoms with Gasteiger partial charge in [-0.2, -0.15) is 0 Å². The molecular formula is C28H38N4O4S2. The van der Waals surface area contributed by atoms with E-state index in [2.05, 4.69) is 15.0 Å². The molecule has 10 heteroatoms. The largest absolute Gasteiger partial charge is 0.389 e. The quantitative estimate of drug-likeness (QED) is 0.355. The van der Waals surface area contributed by atoms with E-state index in [1.165, 1.54) is 30.6 Å². The van der Waals surface area contributed by atoms with Crippen LogP contribution in [0.15, 0.2) is 35.5 Å². The number of carbonyl (C=O) groups is 1. The van der Waals surface area contributed by atoms with Crippen molar-refractivity contribution in [3.05, 3.63) is 41.2 Å². The molecular weight excluding hydrogens is 520 g/mol. The highest BCUT2D eigenvalue weighted by molar-refractivity contribution is 7.89. The van der Waals surface area contributed by atoms with Gasteiger partial charge in [0.2, 0.25) is 0 Å². The molecule has 1 aliphatic rings. The molecule has 0 atom stereocenters. The molecule has 0 unspecified atom stereocenters. The molecule has 8 nitrogen and oxygen atoms in total. The van der Waals surface area contributed by atoms with Gasteiger partial charge in [0.25, 0.3) is 15.9 Å². The van der Waals surface area contributed by atoms with Crippen molar-refractivity contribution in [1.29, 1.82) is 0 Å². The zero-order chi connectivity index (χ0) is 27.7. The molecule has 0 aliphatic heterocycles. The van der Waals surface area contributed by atoms with Crippen molar-refractivity contribution >= 4 is 38.0 Å². The zero-order valence-corrected chi connectivity index (χ0v) is 24.4. The summed E-state index contributed by atoms with van der Waals surface area (Å²) in [5, 5.41) is 14.4. The van der Waals surface area contributed by atoms with Crippen LogP contribution in [0.5, 0.6) is 0 Å². The molecule has 4 rings (SSSR count). The van der Waals surface area contributed by atoms with Crippen LogP contribution in [0.2, 0.25) is 0 Å². The van der Waals surface area contributed by atoms with Crippen molar-refractivity contribution in [3.63, 3.8) is 0 Å². The smallest absolute Gasteiger partial charge is 0.280 e. The number of carbonyl (C=O) groups excluding carboxylic acids is 1. The molecule has 2 heterocycles. The SMILES string of the molecule is CC(C)(O)CNC(=O)c1nc(CC2CCCCC2)c(-c2cnc(S(=O)(=O)NC(C)(C)C)c3ccccc23)s1. The lowest BCUT2D eigenvalue weighted by Gasteiger charge is -2.21. The second kappa shape index (κ2) is 11.0. The lowest BCUT2D eigenvalue weighted by molar-refractivity contribution is 0.0694. The van der Waals surface area contributed by atoms with Gasteiger partial charge in [-0.3, -0.25) is 4.79 Å². The fourth-order valence-corrected chi connectivity index (χ4v) is 7.44. The first kappa shape index (κ1) is 28.6. The molecule has 0 saturated heterocycles. The number of aromatic nitrogens is 2. The van der Waals surface area contributed by atoms with E-state index in [1.807, 2.05) is 12.1 Å². The minimum Gasteiger partial charge on any atom is -0.389 e. The van der Waals surface area contributed by atoms with Crippen LogP contribution in [0.1, 0.15) is 82.2 Å². The van der Waals surface area contributed by atoms with Gasteiger partial charge in [0.1, 0.15) is 0 Å². The van der Waals surface area contributed by atoms with Crippen LogP contribution in [-0.4, -0.2) is 47.1 Å². The van der Waals surface area contributed by atoms with E-state index in [9.17, 15) is 18.3 Å². The van der Waals surface area contributed by atoms with E-state index in [1.54, 1.807) is 52.9 Å². The zero-order valence-electron chi connectivity index (χ0n) is 22.8. The van der Waals surface area contributed by atoms with E-state index in [-0.39, 0.29) is 17.5 Å². The molecule has 1 amide bonds. The Bertz CT molecular complexity index is 1410. The van der Waals surface area contributed by atoms with Gasteiger partial charge < -0.3 is 10.4 Å². The summed E-state index contributed by atoms with van der Waals surface area (Å²) < 4.78 is 29.2. The summed E-state index contributed by atoms with van der Waals surface area (Å²) in [5.74, 6) is 0.158. The Labute approximate surface area is 229 Å². The Balaban J connectivity index is 1.81. The van der Waals surface area contributed by atoms with Crippen LogP contribution in [-0.2, 0) is 16.4 Å². The number of pyridine rings is 1. The summed E-state index contributed by atoms with van der Waals surface area (Å²) in [4.78, 5) is 23.0. The summed E-state index contributed by atoms with van der Waals surface area (Å²) >= 11 is 1.29. The molecule has 1 aliphatic carbocycles. The molecule has 38 heavy (non-hydrogen) atoms. The third-order valence-corrected chi connectivity index (χ3v) is 9.32. The van der Waals surface area contributed by atoms with E-state index < -0.39 is 21.2 Å². The highest BCUT2D eigenvalue weighted by Crippen LogP contribution is 2.39. The molecule has 0 radical (unpaired) electrons. The normalized spacial score (nSPS) is 15.6. The molecule has 2 aromatic heterocycles. The van der Waals surface area contributed by atoms with Gasteiger partial charge in [0, 0.05) is 29.2 Å². The van der Waals surface area contributed by atoms with E-state index in [0.717, 1.165) is 40.8 Å². The maximum absolute atomic E-state index is 13.2. The summed E-state index contributed by atoms with van der Waals surface area (Å²) in [6, 6.07) is 7.33. The average Bonchev–Trinajstić information content (AvgIpc) is 3.24. The Hall–Kier alpha value is -2.40. The maximum Gasteiger partial charge on any atom is 0.280 e. The lowest BCUT2D eigenvalue weighted by atomic mass is 9.85. The first-order valence-electron chi connectivity index (χ1n) is 13.2. The van der Waals surface area contributed by atoms with Crippen LogP contribution in [0.3, 0.4) is 0 Å². The number of sulfonamides is 1. The predicted molar refractivity (Wildman–Crippen MR) is 152 cm³/mol. The summed E-state index contributed by atoms with van der Waals surface area (Å²) in [6.45, 7) is 8.76. The van der Waals surface area contributed by atoms with Gasteiger partial charge in [-0.15, -0.1) is 11.3 Å². The molecule has 1 fully saturated rings. The first-order chi connectivity index (χ1) is 17.7. The van der Waals surface area contributed by atoms with Crippen LogP contribution in [0.25, 0.3) is 21.2 Å². The summed E-state index contributed by atoms with van der Waals surface area (Å²) in [5.41, 5.74) is -0.0921. The van der Waals surface area contributed by atoms with Crippen molar-refractivity contribution in [2.24, 2.45) is 5.92 Å². The molecule has 3 aromatic rings. The second-order valence-corrected chi connectivity index (χ2v) is 14.5. The van der Waals surface area contributed by atoms with Crippen LogP contribution in [0, 0.1) is 5.92 Å². The molecule has 1 aromatic carbocycles. The lowest BCUT2D eigenvalue weighted by Crippen LogP contribution is -2.40. The topological polar surface area (TPSA) is 121 Å². The maximum atomic E-state index is 13.2. The third kappa shape index (κ3) is 6.97. The van der Waals surface area contributed by atoms with E-state index in [4.69, 9.17) is 4.98 Å². The van der Waals surface area contributed by atoms with Crippen LogP contribution >= 0.6 is 11.3 Å². The monoisotopic (exact) mass is 558 g/mol. The fraction of sp³-hybridized carbons (Fsp3) is 0.536. The minimum atomic E-state index is -3.87. The van der Waals surface area contributed by atoms with Gasteiger partial charge in [-0.25, -0.2) is 23.1 Å². The Morgan fingerprint density at radius 3 is 2.37 bits per heavy atom. The number of nitrogens with one attached hydrogen (secondary N) is 2. The van der Waals surface area contributed by atoms with Gasteiger partial charge in [0.05, 0.1) is 16.2 Å². The number of hydrogen-bond acceptors (Lipinski definition) is 7. The number of hydrogen-bond donors (Lipinski definition) is 3. The summed E-state index contributed by atoms with van der Waals surface area (Å²) in [6.07, 6.45) is 8.25. The van der Waals surface area contributed by atoms with Crippen molar-refractivity contribution in [3.8, 4) is 10.4 Å². The van der Waals surface area contributed by atoms with Crippen molar-refractivity contribution in [1.82, 2.24) is 20.0 Å². The summed E-state index contributed by atoms with van der Waals surface area (Å²) in [7, 11) is -3.87. The molecule has 0 bridgehead atoms. The van der Waals surface area contributed by atoms with Gasteiger partial charge in [-0.1, -0.05) is 56.4 Å². The van der Waals surface area contributed by atoms with Crippen LogP contribution < -0.4 is 10.0 Å². The number of fused-ring (bicyclic) bond motifs is 1. The minimum absolute atomic E-state index is 0.0201. The van der Waals surface area contributed by atoms with Gasteiger partial charge in [-0.05, 0) is 52.3 Å². The van der Waals surface area contributed by atoms with Crippen molar-refractivity contribution < 1.29 is 18.3 Å². The van der Waals surface area contributed by atoms with Crippen molar-refractivity contribution in [2.45, 2.75) is 89.3 Å². The van der Waals surface area contributed by atoms with E-state index in [0.29, 0.717) is 16.3 Å². The average molecular weight is 559 g/mol. The number of amides is 1. The standard InChI is InChI=1S/C28H38N4O4S2/c1-27(2,3)32-38(35,36)26-20-14-10-9-13-19(20)21(16-29-26)23-22(15-18-11-7-6-8-12-18)31-25(37-23)24(33)30-17-28(4,5)34/h9-10,13-14,16,18,32,34H,6-8,11-12,15,17H2,1-5H3,(H,30,33). The highest BCUT2D eigenvalue weighted by Gasteiger charge is 2.28. The Morgan fingerprint density at radius 1 is 1.08 bits per heavy atom. The Kier molecular flexibility index (Phi) is 8.28. The first-order valence-corrected chi connectivity index (χ1v) is 15.5. The van der Waals surface area contributed by atoms with E-state index >= 15 is 0 Å². The number of nitrogens with zero attached hydrogens (tertiary/aromatic N) is 2. The Morgan fingerprint density at radius 2 is 1.74 bits per heavy atom. The van der Waals surface area contributed by atoms with Crippen LogP contribution in [0.4, 0.5) is 0 Å². The molecule has 0 spiro atoms. The third-order valence-electron chi connectivity index (χ3n) is 6.48. The molecule has 206 valence electrons. The molecule has 1 saturated carbocycles. The molecule has 3 N–H and O–H groups in total. The number of benzene rings is 1. The van der Waals surface area contributed by atoms with Gasteiger partial charge >= 0.3 is 0 Å². The number of rotatable bonds is 8. The predicted octanol–water partition coefficient (Wildman–Crippen LogP) is 5.06.